The largest absolute Gasteiger partial charge is 0.341 e. The van der Waals surface area contributed by atoms with Crippen molar-refractivity contribution >= 4 is 24.2 Å². The van der Waals surface area contributed by atoms with Crippen molar-refractivity contribution in [3.05, 3.63) is 35.4 Å². The van der Waals surface area contributed by atoms with Gasteiger partial charge in [0.05, 0.1) is 5.41 Å². The van der Waals surface area contributed by atoms with Crippen molar-refractivity contribution in [1.82, 2.24) is 9.80 Å². The lowest BCUT2D eigenvalue weighted by Gasteiger charge is -2.47. The van der Waals surface area contributed by atoms with Gasteiger partial charge in [0.25, 0.3) is 0 Å². The highest BCUT2D eigenvalue weighted by molar-refractivity contribution is 5.91. The second kappa shape index (κ2) is 7.80. The maximum Gasteiger partial charge on any atom is 0.233 e. The zero-order valence-electron chi connectivity index (χ0n) is 16.0. The molecule has 2 N–H and O–H groups in total. The lowest BCUT2D eigenvalue weighted by Crippen LogP contribution is -2.58. The number of aryl methyl sites for hydroxylation is 1. The summed E-state index contributed by atoms with van der Waals surface area (Å²) in [5, 5.41) is 0. The fraction of sp³-hybridized carbons (Fsp3) is 0.619. The van der Waals surface area contributed by atoms with Gasteiger partial charge in [0.1, 0.15) is 0 Å². The minimum atomic E-state index is -0.290. The molecule has 2 heterocycles. The molecular formula is C21H30ClN3O2. The van der Waals surface area contributed by atoms with Crippen LogP contribution in [0.5, 0.6) is 0 Å². The van der Waals surface area contributed by atoms with Crippen molar-refractivity contribution < 1.29 is 9.59 Å². The Morgan fingerprint density at radius 3 is 2.56 bits per heavy atom. The summed E-state index contributed by atoms with van der Waals surface area (Å²) in [6.45, 7) is 4.76. The fourth-order valence-electron chi connectivity index (χ4n) is 4.89. The highest BCUT2D eigenvalue weighted by Crippen LogP contribution is 2.50. The summed E-state index contributed by atoms with van der Waals surface area (Å²) in [4.78, 5) is 29.6. The van der Waals surface area contributed by atoms with Gasteiger partial charge in [0, 0.05) is 38.6 Å². The Kier molecular flexibility index (Phi) is 5.82. The smallest absolute Gasteiger partial charge is 0.233 e. The first-order valence-electron chi connectivity index (χ1n) is 9.91. The summed E-state index contributed by atoms with van der Waals surface area (Å²) in [7, 11) is 0. The molecule has 27 heavy (non-hydrogen) atoms. The summed E-state index contributed by atoms with van der Waals surface area (Å²) in [6.07, 6.45) is 4.28. The molecule has 1 aromatic rings. The number of rotatable bonds is 4. The number of carbonyl (C=O) groups excluding carboxylic acids is 2. The van der Waals surface area contributed by atoms with E-state index >= 15 is 0 Å². The van der Waals surface area contributed by atoms with Gasteiger partial charge in [-0.15, -0.1) is 12.4 Å². The molecule has 2 saturated heterocycles. The number of halogens is 1. The highest BCUT2D eigenvalue weighted by atomic mass is 35.5. The van der Waals surface area contributed by atoms with Crippen molar-refractivity contribution in [2.24, 2.45) is 11.7 Å². The van der Waals surface area contributed by atoms with Gasteiger partial charge in [-0.1, -0.05) is 29.8 Å². The second-order valence-electron chi connectivity index (χ2n) is 8.23. The van der Waals surface area contributed by atoms with Crippen molar-refractivity contribution in [3.63, 3.8) is 0 Å². The van der Waals surface area contributed by atoms with Gasteiger partial charge in [-0.05, 0) is 44.1 Å². The van der Waals surface area contributed by atoms with Crippen LogP contribution in [0.15, 0.2) is 24.3 Å². The Morgan fingerprint density at radius 2 is 1.93 bits per heavy atom. The van der Waals surface area contributed by atoms with Crippen LogP contribution in [0.2, 0.25) is 0 Å². The van der Waals surface area contributed by atoms with Crippen molar-refractivity contribution in [1.29, 1.82) is 0 Å². The summed E-state index contributed by atoms with van der Waals surface area (Å²) in [5.41, 5.74) is 7.80. The molecule has 148 valence electrons. The predicted molar refractivity (Wildman–Crippen MR) is 108 cm³/mol. The van der Waals surface area contributed by atoms with E-state index < -0.39 is 0 Å². The number of fused-ring (bicyclic) bond motifs is 1. The SMILES string of the molecule is Cc1ccc(C2(C(=O)N3CC[C@@H]4[C@@H](CCC(=O)N4CCN)C3)CC2)cc1.Cl. The molecule has 6 heteroatoms. The van der Waals surface area contributed by atoms with Crippen LogP contribution >= 0.6 is 12.4 Å². The van der Waals surface area contributed by atoms with Crippen molar-refractivity contribution in [2.45, 2.75) is 50.5 Å². The lowest BCUT2D eigenvalue weighted by molar-refractivity contribution is -0.145. The first kappa shape index (κ1) is 20.2. The van der Waals surface area contributed by atoms with E-state index in [9.17, 15) is 9.59 Å². The quantitative estimate of drug-likeness (QED) is 0.855. The zero-order chi connectivity index (χ0) is 18.3. The Balaban J connectivity index is 0.00000210. The fourth-order valence-corrected chi connectivity index (χ4v) is 4.89. The van der Waals surface area contributed by atoms with E-state index in [1.807, 2.05) is 4.90 Å². The van der Waals surface area contributed by atoms with Crippen molar-refractivity contribution in [3.8, 4) is 0 Å². The van der Waals surface area contributed by atoms with Gasteiger partial charge in [-0.3, -0.25) is 9.59 Å². The molecule has 0 aromatic heterocycles. The van der Waals surface area contributed by atoms with E-state index in [1.54, 1.807) is 0 Å². The van der Waals surface area contributed by atoms with Gasteiger partial charge >= 0.3 is 0 Å². The van der Waals surface area contributed by atoms with E-state index in [0.29, 0.717) is 31.3 Å². The third-order valence-electron chi connectivity index (χ3n) is 6.56. The van der Waals surface area contributed by atoms with Crippen LogP contribution in [0.25, 0.3) is 0 Å². The van der Waals surface area contributed by atoms with E-state index in [2.05, 4.69) is 36.1 Å². The van der Waals surface area contributed by atoms with Gasteiger partial charge in [-0.25, -0.2) is 0 Å². The average Bonchev–Trinajstić information content (AvgIpc) is 3.45. The zero-order valence-corrected chi connectivity index (χ0v) is 16.8. The summed E-state index contributed by atoms with van der Waals surface area (Å²) in [6, 6.07) is 8.71. The van der Waals surface area contributed by atoms with Gasteiger partial charge < -0.3 is 15.5 Å². The minimum Gasteiger partial charge on any atom is -0.341 e. The number of likely N-dealkylation sites (tertiary alicyclic amines) is 2. The first-order chi connectivity index (χ1) is 12.5. The molecule has 4 rings (SSSR count). The summed E-state index contributed by atoms with van der Waals surface area (Å²) in [5.74, 6) is 0.919. The molecule has 0 unspecified atom stereocenters. The number of nitrogens with two attached hydrogens (primary N) is 1. The van der Waals surface area contributed by atoms with E-state index in [4.69, 9.17) is 5.73 Å². The van der Waals surface area contributed by atoms with Gasteiger partial charge in [0.2, 0.25) is 11.8 Å². The molecule has 0 bridgehead atoms. The normalized spacial score (nSPS) is 26.2. The van der Waals surface area contributed by atoms with Crippen LogP contribution in [0.1, 0.15) is 43.2 Å². The summed E-state index contributed by atoms with van der Waals surface area (Å²) < 4.78 is 0. The molecule has 1 aromatic carbocycles. The predicted octanol–water partition coefficient (Wildman–Crippen LogP) is 2.25. The van der Waals surface area contributed by atoms with Crippen LogP contribution in [0.3, 0.4) is 0 Å². The monoisotopic (exact) mass is 391 g/mol. The topological polar surface area (TPSA) is 66.6 Å². The molecule has 2 aliphatic heterocycles. The van der Waals surface area contributed by atoms with Gasteiger partial charge in [0.15, 0.2) is 0 Å². The lowest BCUT2D eigenvalue weighted by atomic mass is 9.82. The van der Waals surface area contributed by atoms with Crippen LogP contribution in [-0.4, -0.2) is 53.8 Å². The molecule has 1 saturated carbocycles. The highest BCUT2D eigenvalue weighted by Gasteiger charge is 2.54. The number of amides is 2. The van der Waals surface area contributed by atoms with Gasteiger partial charge in [-0.2, -0.15) is 0 Å². The third-order valence-corrected chi connectivity index (χ3v) is 6.56. The number of benzene rings is 1. The number of hydrogen-bond donors (Lipinski definition) is 1. The molecule has 1 aliphatic carbocycles. The van der Waals surface area contributed by atoms with Crippen LogP contribution < -0.4 is 5.73 Å². The van der Waals surface area contributed by atoms with Crippen LogP contribution in [0.4, 0.5) is 0 Å². The number of hydrogen-bond acceptors (Lipinski definition) is 3. The van der Waals surface area contributed by atoms with Crippen molar-refractivity contribution in [2.75, 3.05) is 26.2 Å². The van der Waals surface area contributed by atoms with Crippen LogP contribution in [-0.2, 0) is 15.0 Å². The van der Waals surface area contributed by atoms with E-state index in [-0.39, 0.29) is 29.8 Å². The summed E-state index contributed by atoms with van der Waals surface area (Å²) >= 11 is 0. The Labute approximate surface area is 167 Å². The molecule has 3 fully saturated rings. The number of piperidine rings is 2. The standard InChI is InChI=1S/C21H29N3O2.ClH/c1-15-2-5-17(6-3-15)21(9-10-21)20(26)23-12-8-18-16(14-23)4-7-19(25)24(18)13-11-22;/h2-3,5-6,16,18H,4,7-14,22H2,1H3;1H/t16-,18+;/m0./s1. The first-order valence-corrected chi connectivity index (χ1v) is 9.91. The Bertz CT molecular complexity index is 702. The molecule has 0 radical (unpaired) electrons. The van der Waals surface area contributed by atoms with E-state index in [1.165, 1.54) is 11.1 Å². The third kappa shape index (κ3) is 3.59. The maximum atomic E-state index is 13.3. The minimum absolute atomic E-state index is 0. The second-order valence-corrected chi connectivity index (χ2v) is 8.23. The molecule has 5 nitrogen and oxygen atoms in total. The molecule has 3 aliphatic rings. The Morgan fingerprint density at radius 1 is 1.22 bits per heavy atom. The molecular weight excluding hydrogens is 362 g/mol. The van der Waals surface area contributed by atoms with E-state index in [0.717, 1.165) is 38.8 Å². The average molecular weight is 392 g/mol. The number of nitrogens with zero attached hydrogens (tertiary/aromatic N) is 2. The Hall–Kier alpha value is -1.59. The molecule has 2 amide bonds. The maximum absolute atomic E-state index is 13.3. The molecule has 2 atom stereocenters. The molecule has 0 spiro atoms. The number of carbonyl (C=O) groups is 2. The van der Waals surface area contributed by atoms with Crippen LogP contribution in [0, 0.1) is 12.8 Å².